The molecule has 4 nitrogen and oxygen atoms in total. The minimum Gasteiger partial charge on any atom is -0.365 e. The number of anilines is 1. The topological polar surface area (TPSA) is 49.8 Å². The van der Waals surface area contributed by atoms with Gasteiger partial charge in [0.05, 0.1) is 17.2 Å². The minimum atomic E-state index is 0.471. The molecule has 1 aliphatic rings. The van der Waals surface area contributed by atoms with Crippen molar-refractivity contribution >= 4 is 16.9 Å². The molecule has 0 amide bonds. The van der Waals surface area contributed by atoms with Crippen LogP contribution >= 0.6 is 0 Å². The van der Waals surface area contributed by atoms with Crippen LogP contribution in [0.2, 0.25) is 0 Å². The van der Waals surface area contributed by atoms with E-state index < -0.39 is 0 Å². The molecule has 0 aliphatic carbocycles. The fourth-order valence-electron chi connectivity index (χ4n) is 2.21. The summed E-state index contributed by atoms with van der Waals surface area (Å²) < 4.78 is 0. The molecule has 1 atom stereocenters. The molecule has 0 spiro atoms. The van der Waals surface area contributed by atoms with Crippen molar-refractivity contribution in [3.05, 3.63) is 30.5 Å². The highest BCUT2D eigenvalue weighted by atomic mass is 15.1. The molecule has 2 aromatic rings. The first-order chi connectivity index (χ1) is 8.42. The van der Waals surface area contributed by atoms with Crippen LogP contribution in [0.1, 0.15) is 12.8 Å². The van der Waals surface area contributed by atoms with Gasteiger partial charge in [0, 0.05) is 12.6 Å². The fourth-order valence-corrected chi connectivity index (χ4v) is 2.21. The second-order valence-electron chi connectivity index (χ2n) is 4.43. The van der Waals surface area contributed by atoms with E-state index in [9.17, 15) is 0 Å². The number of aromatic nitrogens is 2. The summed E-state index contributed by atoms with van der Waals surface area (Å²) in [5.41, 5.74) is 1.89. The molecular formula is C13H16N4. The predicted molar refractivity (Wildman–Crippen MR) is 69.1 cm³/mol. The maximum absolute atomic E-state index is 4.57. The first kappa shape index (κ1) is 10.5. The molecule has 4 heteroatoms. The van der Waals surface area contributed by atoms with Gasteiger partial charge in [-0.15, -0.1) is 0 Å². The van der Waals surface area contributed by atoms with Gasteiger partial charge in [0.1, 0.15) is 5.82 Å². The standard InChI is InChI=1S/C13H16N4/c1-2-6-12-11(5-1)15-9-13(17-12)16-10-4-3-7-14-8-10/h1-2,5-6,9-10,14H,3-4,7-8H2,(H,16,17). The van der Waals surface area contributed by atoms with Gasteiger partial charge in [0.2, 0.25) is 0 Å². The van der Waals surface area contributed by atoms with Gasteiger partial charge in [-0.2, -0.15) is 0 Å². The van der Waals surface area contributed by atoms with Crippen molar-refractivity contribution in [2.75, 3.05) is 18.4 Å². The van der Waals surface area contributed by atoms with Crippen molar-refractivity contribution in [1.29, 1.82) is 0 Å². The highest BCUT2D eigenvalue weighted by Crippen LogP contribution is 2.13. The van der Waals surface area contributed by atoms with E-state index in [-0.39, 0.29) is 0 Å². The Hall–Kier alpha value is -1.68. The lowest BCUT2D eigenvalue weighted by molar-refractivity contribution is 0.479. The van der Waals surface area contributed by atoms with Gasteiger partial charge in [-0.1, -0.05) is 12.1 Å². The molecule has 1 saturated heterocycles. The second kappa shape index (κ2) is 4.67. The lowest BCUT2D eigenvalue weighted by atomic mass is 10.1. The second-order valence-corrected chi connectivity index (χ2v) is 4.43. The summed E-state index contributed by atoms with van der Waals surface area (Å²) in [6.07, 6.45) is 4.23. The van der Waals surface area contributed by atoms with Gasteiger partial charge in [-0.05, 0) is 31.5 Å². The Balaban J connectivity index is 1.80. The van der Waals surface area contributed by atoms with E-state index >= 15 is 0 Å². The Bertz CT molecular complexity index is 506. The SMILES string of the molecule is c1ccc2nc(NC3CCCNC3)cnc2c1. The van der Waals surface area contributed by atoms with Crippen molar-refractivity contribution in [3.8, 4) is 0 Å². The van der Waals surface area contributed by atoms with E-state index in [4.69, 9.17) is 0 Å². The quantitative estimate of drug-likeness (QED) is 0.823. The predicted octanol–water partition coefficient (Wildman–Crippen LogP) is 1.79. The zero-order valence-corrected chi connectivity index (χ0v) is 9.69. The summed E-state index contributed by atoms with van der Waals surface area (Å²) in [6.45, 7) is 2.14. The number of nitrogens with one attached hydrogen (secondary N) is 2. The van der Waals surface area contributed by atoms with Gasteiger partial charge < -0.3 is 10.6 Å². The summed E-state index contributed by atoms with van der Waals surface area (Å²) in [5, 5.41) is 6.82. The lowest BCUT2D eigenvalue weighted by Crippen LogP contribution is -2.38. The Morgan fingerprint density at radius 2 is 2.12 bits per heavy atom. The minimum absolute atomic E-state index is 0.471. The van der Waals surface area contributed by atoms with Crippen molar-refractivity contribution in [1.82, 2.24) is 15.3 Å². The first-order valence-electron chi connectivity index (χ1n) is 6.11. The van der Waals surface area contributed by atoms with Crippen molar-refractivity contribution in [2.45, 2.75) is 18.9 Å². The van der Waals surface area contributed by atoms with Crippen molar-refractivity contribution < 1.29 is 0 Å². The normalized spacial score (nSPS) is 20.4. The van der Waals surface area contributed by atoms with E-state index in [2.05, 4.69) is 20.6 Å². The molecule has 0 saturated carbocycles. The number of hydrogen-bond acceptors (Lipinski definition) is 4. The monoisotopic (exact) mass is 228 g/mol. The number of benzene rings is 1. The summed E-state index contributed by atoms with van der Waals surface area (Å²) in [7, 11) is 0. The van der Waals surface area contributed by atoms with Crippen LogP contribution in [0.3, 0.4) is 0 Å². The van der Waals surface area contributed by atoms with Crippen LogP contribution in [0.4, 0.5) is 5.82 Å². The maximum Gasteiger partial charge on any atom is 0.145 e. The molecule has 2 heterocycles. The van der Waals surface area contributed by atoms with E-state index in [1.807, 2.05) is 30.5 Å². The molecule has 3 rings (SSSR count). The van der Waals surface area contributed by atoms with E-state index in [1.54, 1.807) is 0 Å². The Morgan fingerprint density at radius 1 is 1.24 bits per heavy atom. The van der Waals surface area contributed by atoms with Crippen LogP contribution in [-0.2, 0) is 0 Å². The molecule has 1 unspecified atom stereocenters. The number of hydrogen-bond donors (Lipinski definition) is 2. The van der Waals surface area contributed by atoms with Crippen molar-refractivity contribution in [2.24, 2.45) is 0 Å². The smallest absolute Gasteiger partial charge is 0.145 e. The molecule has 1 aromatic carbocycles. The van der Waals surface area contributed by atoms with E-state index in [0.717, 1.165) is 29.9 Å². The van der Waals surface area contributed by atoms with E-state index in [0.29, 0.717) is 6.04 Å². The summed E-state index contributed by atoms with van der Waals surface area (Å²) in [5.74, 6) is 0.873. The zero-order chi connectivity index (χ0) is 11.5. The average Bonchev–Trinajstić information content (AvgIpc) is 2.40. The molecule has 1 aliphatic heterocycles. The molecule has 1 fully saturated rings. The number of fused-ring (bicyclic) bond motifs is 1. The van der Waals surface area contributed by atoms with Crippen LogP contribution in [0.15, 0.2) is 30.5 Å². The third-order valence-electron chi connectivity index (χ3n) is 3.10. The van der Waals surface area contributed by atoms with Gasteiger partial charge in [-0.25, -0.2) is 4.98 Å². The zero-order valence-electron chi connectivity index (χ0n) is 9.69. The number of para-hydroxylation sites is 2. The molecule has 2 N–H and O–H groups in total. The summed E-state index contributed by atoms with van der Waals surface area (Å²) in [4.78, 5) is 8.97. The van der Waals surface area contributed by atoms with Crippen LogP contribution in [0, 0.1) is 0 Å². The number of nitrogens with zero attached hydrogens (tertiary/aromatic N) is 2. The fraction of sp³-hybridized carbons (Fsp3) is 0.385. The third-order valence-corrected chi connectivity index (χ3v) is 3.10. The molecule has 0 radical (unpaired) electrons. The number of rotatable bonds is 2. The Kier molecular flexibility index (Phi) is 2.88. The average molecular weight is 228 g/mol. The van der Waals surface area contributed by atoms with Crippen LogP contribution in [0.5, 0.6) is 0 Å². The van der Waals surface area contributed by atoms with Crippen LogP contribution < -0.4 is 10.6 Å². The van der Waals surface area contributed by atoms with Crippen molar-refractivity contribution in [3.63, 3.8) is 0 Å². The number of piperidine rings is 1. The summed E-state index contributed by atoms with van der Waals surface area (Å²) in [6, 6.07) is 8.41. The third kappa shape index (κ3) is 2.36. The molecule has 1 aromatic heterocycles. The molecule has 0 bridgehead atoms. The van der Waals surface area contributed by atoms with Gasteiger partial charge in [-0.3, -0.25) is 4.98 Å². The van der Waals surface area contributed by atoms with Crippen LogP contribution in [-0.4, -0.2) is 29.1 Å². The molecule has 88 valence electrons. The maximum atomic E-state index is 4.57. The van der Waals surface area contributed by atoms with Gasteiger partial charge >= 0.3 is 0 Å². The highest BCUT2D eigenvalue weighted by Gasteiger charge is 2.13. The molecule has 17 heavy (non-hydrogen) atoms. The lowest BCUT2D eigenvalue weighted by Gasteiger charge is -2.24. The highest BCUT2D eigenvalue weighted by molar-refractivity contribution is 5.75. The molecular weight excluding hydrogens is 212 g/mol. The first-order valence-corrected chi connectivity index (χ1v) is 6.11. The van der Waals surface area contributed by atoms with Gasteiger partial charge in [0.15, 0.2) is 0 Å². The Labute approximate surface area is 100 Å². The van der Waals surface area contributed by atoms with E-state index in [1.165, 1.54) is 12.8 Å². The Morgan fingerprint density at radius 3 is 2.94 bits per heavy atom. The largest absolute Gasteiger partial charge is 0.365 e. The van der Waals surface area contributed by atoms with Crippen LogP contribution in [0.25, 0.3) is 11.0 Å². The summed E-state index contributed by atoms with van der Waals surface area (Å²) >= 11 is 0. The van der Waals surface area contributed by atoms with Gasteiger partial charge in [0.25, 0.3) is 0 Å².